The van der Waals surface area contributed by atoms with E-state index in [-0.39, 0.29) is 17.8 Å². The number of carbonyl (C=O) groups is 1. The van der Waals surface area contributed by atoms with Crippen LogP contribution in [0.25, 0.3) is 0 Å². The second kappa shape index (κ2) is 9.37. The largest absolute Gasteiger partial charge is 0.376 e. The van der Waals surface area contributed by atoms with Gasteiger partial charge in [-0.05, 0) is 42.7 Å². The Morgan fingerprint density at radius 1 is 1.10 bits per heavy atom. The predicted octanol–water partition coefficient (Wildman–Crippen LogP) is 3.06. The van der Waals surface area contributed by atoms with Gasteiger partial charge in [-0.15, -0.1) is 0 Å². The van der Waals surface area contributed by atoms with Gasteiger partial charge in [0.05, 0.1) is 11.8 Å². The Hall–Kier alpha value is -2.44. The smallest absolute Gasteiger partial charge is 0.251 e. The van der Waals surface area contributed by atoms with Crippen LogP contribution in [-0.2, 0) is 11.3 Å². The number of para-hydroxylation sites is 1. The fraction of sp³-hybridized carbons (Fsp3) is 0.435. The molecule has 0 bridgehead atoms. The van der Waals surface area contributed by atoms with E-state index in [1.54, 1.807) is 6.07 Å². The van der Waals surface area contributed by atoms with E-state index in [0.29, 0.717) is 17.8 Å². The van der Waals surface area contributed by atoms with Crippen LogP contribution in [-0.4, -0.2) is 56.2 Å². The van der Waals surface area contributed by atoms with Crippen molar-refractivity contribution in [1.82, 2.24) is 10.2 Å². The molecule has 0 saturated carbocycles. The topological polar surface area (TPSA) is 44.8 Å². The van der Waals surface area contributed by atoms with Gasteiger partial charge in [0.25, 0.3) is 5.91 Å². The molecule has 2 aliphatic rings. The normalized spacial score (nSPS) is 20.0. The number of amides is 1. The lowest BCUT2D eigenvalue weighted by Crippen LogP contribution is -2.46. The maximum absolute atomic E-state index is 14.0. The lowest BCUT2D eigenvalue weighted by atomic mass is 10.1. The zero-order valence-corrected chi connectivity index (χ0v) is 16.6. The Kier molecular flexibility index (Phi) is 6.42. The highest BCUT2D eigenvalue weighted by Crippen LogP contribution is 2.21. The molecule has 0 unspecified atom stereocenters. The molecule has 154 valence electrons. The Bertz CT molecular complexity index is 830. The number of nitrogens with zero attached hydrogens (tertiary/aromatic N) is 2. The molecule has 2 aromatic rings. The number of hydrogen-bond donors (Lipinski definition) is 1. The van der Waals surface area contributed by atoms with E-state index < -0.39 is 0 Å². The average Bonchev–Trinajstić information content (AvgIpc) is 3.27. The molecule has 0 spiro atoms. The molecular formula is C23H28FN3O2. The minimum atomic E-state index is -0.164. The monoisotopic (exact) mass is 397 g/mol. The SMILES string of the molecule is O=C(NC[C@@H]1CCCO1)c1cccc(CN2CCN(c3ccccc3F)CC2)c1. The second-order valence-corrected chi connectivity index (χ2v) is 7.76. The van der Waals surface area contributed by atoms with E-state index in [2.05, 4.69) is 21.2 Å². The van der Waals surface area contributed by atoms with Crippen LogP contribution in [0.2, 0.25) is 0 Å². The molecule has 1 atom stereocenters. The van der Waals surface area contributed by atoms with Crippen LogP contribution < -0.4 is 10.2 Å². The van der Waals surface area contributed by atoms with Gasteiger partial charge in [0, 0.05) is 51.4 Å². The molecule has 2 heterocycles. The van der Waals surface area contributed by atoms with E-state index in [0.717, 1.165) is 57.7 Å². The van der Waals surface area contributed by atoms with E-state index >= 15 is 0 Å². The van der Waals surface area contributed by atoms with Crippen molar-refractivity contribution in [2.24, 2.45) is 0 Å². The molecule has 2 saturated heterocycles. The standard InChI is InChI=1S/C23H28FN3O2/c24-21-8-1-2-9-22(21)27-12-10-26(11-13-27)17-18-5-3-6-19(15-18)23(28)25-16-20-7-4-14-29-20/h1-3,5-6,8-9,15,20H,4,7,10-14,16-17H2,(H,25,28)/t20-/m0/s1. The third-order valence-electron chi connectivity index (χ3n) is 5.68. The zero-order valence-electron chi connectivity index (χ0n) is 16.6. The van der Waals surface area contributed by atoms with E-state index in [1.807, 2.05) is 30.3 Å². The molecule has 0 aliphatic carbocycles. The number of rotatable bonds is 6. The number of carbonyl (C=O) groups excluding carboxylic acids is 1. The molecule has 2 fully saturated rings. The summed E-state index contributed by atoms with van der Waals surface area (Å²) in [7, 11) is 0. The highest BCUT2D eigenvalue weighted by atomic mass is 19.1. The second-order valence-electron chi connectivity index (χ2n) is 7.76. The number of piperazine rings is 1. The summed E-state index contributed by atoms with van der Waals surface area (Å²) < 4.78 is 19.6. The Labute approximate surface area is 171 Å². The van der Waals surface area contributed by atoms with Crippen LogP contribution in [0, 0.1) is 5.82 Å². The van der Waals surface area contributed by atoms with Gasteiger partial charge in [-0.25, -0.2) is 4.39 Å². The van der Waals surface area contributed by atoms with Crippen LogP contribution in [0.15, 0.2) is 48.5 Å². The van der Waals surface area contributed by atoms with Gasteiger partial charge in [-0.1, -0.05) is 24.3 Å². The summed E-state index contributed by atoms with van der Waals surface area (Å²) in [6, 6.07) is 14.8. The van der Waals surface area contributed by atoms with Gasteiger partial charge >= 0.3 is 0 Å². The van der Waals surface area contributed by atoms with Crippen molar-refractivity contribution in [3.05, 3.63) is 65.5 Å². The summed E-state index contributed by atoms with van der Waals surface area (Å²) in [5.41, 5.74) is 2.48. The highest BCUT2D eigenvalue weighted by molar-refractivity contribution is 5.94. The number of anilines is 1. The number of halogens is 1. The van der Waals surface area contributed by atoms with E-state index in [9.17, 15) is 9.18 Å². The molecule has 1 amide bonds. The van der Waals surface area contributed by atoms with Gasteiger partial charge in [-0.3, -0.25) is 9.69 Å². The maximum Gasteiger partial charge on any atom is 0.251 e. The molecule has 5 nitrogen and oxygen atoms in total. The van der Waals surface area contributed by atoms with Crippen molar-refractivity contribution in [3.63, 3.8) is 0 Å². The summed E-state index contributed by atoms with van der Waals surface area (Å²) in [5, 5.41) is 2.98. The predicted molar refractivity (Wildman–Crippen MR) is 112 cm³/mol. The lowest BCUT2D eigenvalue weighted by molar-refractivity contribution is 0.0857. The fourth-order valence-electron chi connectivity index (χ4n) is 4.04. The molecule has 2 aliphatic heterocycles. The Balaban J connectivity index is 1.29. The van der Waals surface area contributed by atoms with Crippen molar-refractivity contribution >= 4 is 11.6 Å². The first-order valence-electron chi connectivity index (χ1n) is 10.4. The first-order valence-corrected chi connectivity index (χ1v) is 10.4. The van der Waals surface area contributed by atoms with Gasteiger partial charge in [0.1, 0.15) is 5.82 Å². The van der Waals surface area contributed by atoms with Gasteiger partial charge in [0.2, 0.25) is 0 Å². The minimum absolute atomic E-state index is 0.0493. The molecule has 6 heteroatoms. The van der Waals surface area contributed by atoms with E-state index in [1.165, 1.54) is 6.07 Å². The van der Waals surface area contributed by atoms with Crippen molar-refractivity contribution in [2.45, 2.75) is 25.5 Å². The van der Waals surface area contributed by atoms with Crippen molar-refractivity contribution in [1.29, 1.82) is 0 Å². The zero-order chi connectivity index (χ0) is 20.1. The fourth-order valence-corrected chi connectivity index (χ4v) is 4.04. The Morgan fingerprint density at radius 3 is 2.69 bits per heavy atom. The summed E-state index contributed by atoms with van der Waals surface area (Å²) in [6.45, 7) is 5.47. The Morgan fingerprint density at radius 2 is 1.93 bits per heavy atom. The highest BCUT2D eigenvalue weighted by Gasteiger charge is 2.20. The summed E-state index contributed by atoms with van der Waals surface area (Å²) in [5.74, 6) is -0.214. The number of hydrogen-bond acceptors (Lipinski definition) is 4. The maximum atomic E-state index is 14.0. The quantitative estimate of drug-likeness (QED) is 0.814. The van der Waals surface area contributed by atoms with Crippen LogP contribution in [0.5, 0.6) is 0 Å². The number of nitrogens with one attached hydrogen (secondary N) is 1. The molecular weight excluding hydrogens is 369 g/mol. The van der Waals surface area contributed by atoms with Gasteiger partial charge in [0.15, 0.2) is 0 Å². The van der Waals surface area contributed by atoms with Gasteiger partial charge in [-0.2, -0.15) is 0 Å². The van der Waals surface area contributed by atoms with Crippen molar-refractivity contribution < 1.29 is 13.9 Å². The van der Waals surface area contributed by atoms with Crippen LogP contribution >= 0.6 is 0 Å². The van der Waals surface area contributed by atoms with Crippen molar-refractivity contribution in [3.8, 4) is 0 Å². The number of benzene rings is 2. The summed E-state index contributed by atoms with van der Waals surface area (Å²) in [4.78, 5) is 16.9. The third-order valence-corrected chi connectivity index (χ3v) is 5.68. The minimum Gasteiger partial charge on any atom is -0.376 e. The van der Waals surface area contributed by atoms with Gasteiger partial charge < -0.3 is 15.0 Å². The van der Waals surface area contributed by atoms with E-state index in [4.69, 9.17) is 4.74 Å². The van der Waals surface area contributed by atoms with Crippen LogP contribution in [0.1, 0.15) is 28.8 Å². The molecule has 0 aromatic heterocycles. The summed E-state index contributed by atoms with van der Waals surface area (Å²) >= 11 is 0. The first-order chi connectivity index (χ1) is 14.2. The molecule has 1 N–H and O–H groups in total. The van der Waals surface area contributed by atoms with Crippen LogP contribution in [0.4, 0.5) is 10.1 Å². The lowest BCUT2D eigenvalue weighted by Gasteiger charge is -2.36. The average molecular weight is 397 g/mol. The molecule has 2 aromatic carbocycles. The van der Waals surface area contributed by atoms with Crippen molar-refractivity contribution in [2.75, 3.05) is 44.2 Å². The summed E-state index contributed by atoms with van der Waals surface area (Å²) in [6.07, 6.45) is 2.23. The molecule has 4 rings (SSSR count). The molecule has 29 heavy (non-hydrogen) atoms. The number of ether oxygens (including phenoxy) is 1. The third kappa shape index (κ3) is 5.14. The first kappa shape index (κ1) is 19.9. The van der Waals surface area contributed by atoms with Crippen LogP contribution in [0.3, 0.4) is 0 Å². The molecule has 0 radical (unpaired) electrons.